The Morgan fingerprint density at radius 3 is 1.23 bits per heavy atom. The maximum Gasteiger partial charge on any atom is -0.00262 e. The summed E-state index contributed by atoms with van der Waals surface area (Å²) < 4.78 is 0. The molecule has 0 aliphatic heterocycles. The molecule has 0 aromatic carbocycles. The monoisotopic (exact) mass is 380 g/mol. The summed E-state index contributed by atoms with van der Waals surface area (Å²) >= 11 is 0. The number of rotatable bonds is 2. The van der Waals surface area contributed by atoms with Crippen LogP contribution in [0, 0.1) is 0 Å². The van der Waals surface area contributed by atoms with Crippen molar-refractivity contribution in [3.05, 3.63) is 121 Å². The van der Waals surface area contributed by atoms with Crippen LogP contribution in [0.1, 0.15) is 0 Å². The second-order valence-corrected chi connectivity index (χ2v) is 7.84. The van der Waals surface area contributed by atoms with E-state index < -0.39 is 0 Å². The quantitative estimate of drug-likeness (QED) is 0.283. The van der Waals surface area contributed by atoms with Gasteiger partial charge in [-0.2, -0.15) is 0 Å². The molecule has 0 atom stereocenters. The van der Waals surface area contributed by atoms with Crippen LogP contribution in [0.4, 0.5) is 0 Å². The maximum absolute atomic E-state index is 2.34. The summed E-state index contributed by atoms with van der Waals surface area (Å²) in [6.45, 7) is 0. The van der Waals surface area contributed by atoms with Gasteiger partial charge in [-0.15, -0.1) is 0 Å². The molecular formula is C30H20. The minimum absolute atomic E-state index is 1.27. The Balaban J connectivity index is 1.66. The van der Waals surface area contributed by atoms with Crippen LogP contribution in [-0.2, 0) is 0 Å². The third kappa shape index (κ3) is 2.77. The van der Waals surface area contributed by atoms with Gasteiger partial charge in [0.05, 0.1) is 0 Å². The van der Waals surface area contributed by atoms with E-state index in [1.54, 1.807) is 0 Å². The van der Waals surface area contributed by atoms with Crippen molar-refractivity contribution in [1.82, 2.24) is 0 Å². The predicted molar refractivity (Wildman–Crippen MR) is 127 cm³/mol. The summed E-state index contributed by atoms with van der Waals surface area (Å²) in [7, 11) is 0. The molecule has 6 rings (SSSR count). The van der Waals surface area contributed by atoms with Gasteiger partial charge in [0, 0.05) is 0 Å². The average Bonchev–Trinajstić information content (AvgIpc) is 3.26. The highest BCUT2D eigenvalue weighted by Crippen LogP contribution is 2.47. The fourth-order valence-corrected chi connectivity index (χ4v) is 4.56. The normalized spacial score (nSPS) is 11.3. The minimum atomic E-state index is 1.27. The molecule has 0 spiro atoms. The van der Waals surface area contributed by atoms with Crippen LogP contribution in [0.25, 0.3) is 55.6 Å². The Labute approximate surface area is 177 Å². The highest BCUT2D eigenvalue weighted by Gasteiger charge is 2.21. The highest BCUT2D eigenvalue weighted by molar-refractivity contribution is 6.02. The van der Waals surface area contributed by atoms with Crippen LogP contribution in [0.2, 0.25) is 0 Å². The molecule has 0 saturated heterocycles. The van der Waals surface area contributed by atoms with Gasteiger partial charge in [0.15, 0.2) is 0 Å². The van der Waals surface area contributed by atoms with Crippen molar-refractivity contribution < 1.29 is 0 Å². The maximum atomic E-state index is 2.34. The van der Waals surface area contributed by atoms with Gasteiger partial charge in [-0.1, -0.05) is 91.0 Å². The van der Waals surface area contributed by atoms with E-state index in [-0.39, 0.29) is 0 Å². The van der Waals surface area contributed by atoms with Gasteiger partial charge in [-0.05, 0) is 86.0 Å². The topological polar surface area (TPSA) is 0 Å². The molecule has 0 heteroatoms. The number of hydrogen-bond donors (Lipinski definition) is 0. The van der Waals surface area contributed by atoms with Crippen LogP contribution < -0.4 is 0 Å². The fraction of sp³-hybridized carbons (Fsp3) is 0. The second-order valence-electron chi connectivity index (χ2n) is 7.84. The van der Waals surface area contributed by atoms with E-state index in [4.69, 9.17) is 0 Å². The molecule has 0 amide bonds. The third-order valence-electron chi connectivity index (χ3n) is 5.97. The molecule has 0 aromatic heterocycles. The summed E-state index contributed by atoms with van der Waals surface area (Å²) in [6, 6.07) is 43.8. The van der Waals surface area contributed by atoms with Gasteiger partial charge in [0.2, 0.25) is 0 Å². The highest BCUT2D eigenvalue weighted by atomic mass is 14.2. The van der Waals surface area contributed by atoms with Gasteiger partial charge < -0.3 is 0 Å². The van der Waals surface area contributed by atoms with E-state index in [9.17, 15) is 0 Å². The Morgan fingerprint density at radius 2 is 0.700 bits per heavy atom. The largest absolute Gasteiger partial charge is 0.0622 e. The summed E-state index contributed by atoms with van der Waals surface area (Å²) in [5.41, 5.74) is 12.8. The molecule has 0 saturated carbocycles. The van der Waals surface area contributed by atoms with Gasteiger partial charge in [-0.3, -0.25) is 0 Å². The van der Waals surface area contributed by atoms with Crippen molar-refractivity contribution >= 4 is 0 Å². The molecule has 0 bridgehead atoms. The fourth-order valence-electron chi connectivity index (χ4n) is 4.56. The van der Waals surface area contributed by atoms with Gasteiger partial charge in [0.1, 0.15) is 0 Å². The van der Waals surface area contributed by atoms with Crippen molar-refractivity contribution in [3.8, 4) is 55.6 Å². The zero-order chi connectivity index (χ0) is 19.9. The van der Waals surface area contributed by atoms with Crippen LogP contribution in [0.5, 0.6) is 0 Å². The lowest BCUT2D eigenvalue weighted by Gasteiger charge is -2.04. The van der Waals surface area contributed by atoms with Crippen molar-refractivity contribution in [3.63, 3.8) is 0 Å². The Bertz CT molecular complexity index is 1330. The molecule has 0 unspecified atom stereocenters. The lowest BCUT2D eigenvalue weighted by atomic mass is 9.99. The van der Waals surface area contributed by atoms with Crippen LogP contribution in [-0.4, -0.2) is 0 Å². The molecule has 0 nitrogen and oxygen atoms in total. The first-order valence-corrected chi connectivity index (χ1v) is 10.4. The molecular weight excluding hydrogens is 360 g/mol. The van der Waals surface area contributed by atoms with Gasteiger partial charge in [-0.25, -0.2) is 0 Å². The molecule has 6 aliphatic rings. The summed E-state index contributed by atoms with van der Waals surface area (Å²) in [5, 5.41) is 0. The predicted octanol–water partition coefficient (Wildman–Crippen LogP) is 8.34. The smallest absolute Gasteiger partial charge is 0.00262 e. The lowest BCUT2D eigenvalue weighted by molar-refractivity contribution is 1.75. The number of hydrogen-bond acceptors (Lipinski definition) is 0. The van der Waals surface area contributed by atoms with E-state index in [0.29, 0.717) is 0 Å². The van der Waals surface area contributed by atoms with Crippen LogP contribution in [0.15, 0.2) is 121 Å². The summed E-state index contributed by atoms with van der Waals surface area (Å²) in [4.78, 5) is 0. The Kier molecular flexibility index (Phi) is 3.89. The van der Waals surface area contributed by atoms with Crippen molar-refractivity contribution in [2.45, 2.75) is 0 Å². The minimum Gasteiger partial charge on any atom is -0.0622 e. The molecule has 140 valence electrons. The Morgan fingerprint density at radius 1 is 0.267 bits per heavy atom. The van der Waals surface area contributed by atoms with Crippen molar-refractivity contribution in [2.24, 2.45) is 0 Å². The lowest BCUT2D eigenvalue weighted by Crippen LogP contribution is -1.77. The molecule has 30 heavy (non-hydrogen) atoms. The zero-order valence-corrected chi connectivity index (χ0v) is 16.5. The average molecular weight is 380 g/mol. The van der Waals surface area contributed by atoms with E-state index in [2.05, 4.69) is 121 Å². The van der Waals surface area contributed by atoms with E-state index in [1.165, 1.54) is 55.6 Å². The molecule has 0 aromatic rings. The first-order valence-electron chi connectivity index (χ1n) is 10.4. The summed E-state index contributed by atoms with van der Waals surface area (Å²) in [5.74, 6) is 0. The molecule has 0 N–H and O–H groups in total. The SMILES string of the molecule is c1ccc2cc(-c3cc4cccccc-4c3-c3cc4cccccc-4c3)cc-2cc1. The van der Waals surface area contributed by atoms with E-state index >= 15 is 0 Å². The van der Waals surface area contributed by atoms with Gasteiger partial charge >= 0.3 is 0 Å². The standard InChI is InChI=1S/C30H20/c1-4-10-21-16-26(17-22(21)11-5-1)29-20-25-14-8-3-9-15-28(25)30(29)27-18-23-12-6-2-7-13-24(23)19-27/h1-20H. The summed E-state index contributed by atoms with van der Waals surface area (Å²) in [6.07, 6.45) is 0. The van der Waals surface area contributed by atoms with E-state index in [0.717, 1.165) is 0 Å². The van der Waals surface area contributed by atoms with Gasteiger partial charge in [0.25, 0.3) is 0 Å². The molecule has 0 heterocycles. The zero-order valence-electron chi connectivity index (χ0n) is 16.5. The molecule has 6 aliphatic carbocycles. The molecule has 0 fully saturated rings. The van der Waals surface area contributed by atoms with E-state index in [1.807, 2.05) is 0 Å². The number of fused-ring (bicyclic) bond motifs is 3. The third-order valence-corrected chi connectivity index (χ3v) is 5.97. The first kappa shape index (κ1) is 17.0. The van der Waals surface area contributed by atoms with Crippen LogP contribution >= 0.6 is 0 Å². The first-order chi connectivity index (χ1) is 14.9. The molecule has 0 radical (unpaired) electrons. The van der Waals surface area contributed by atoms with Crippen molar-refractivity contribution in [2.75, 3.05) is 0 Å². The van der Waals surface area contributed by atoms with Crippen molar-refractivity contribution in [1.29, 1.82) is 0 Å². The second kappa shape index (κ2) is 6.86. The Hall–Kier alpha value is -3.90. The van der Waals surface area contributed by atoms with Crippen LogP contribution in [0.3, 0.4) is 0 Å².